The van der Waals surface area contributed by atoms with E-state index in [0.717, 1.165) is 31.6 Å². The zero-order valence-corrected chi connectivity index (χ0v) is 10.8. The number of nitrogens with one attached hydrogen (secondary N) is 1. The quantitative estimate of drug-likeness (QED) is 0.864. The summed E-state index contributed by atoms with van der Waals surface area (Å²) in [7, 11) is 0. The molecule has 0 atom stereocenters. The van der Waals surface area contributed by atoms with Gasteiger partial charge in [0.05, 0.1) is 5.56 Å². The Balaban J connectivity index is 2.25. The maximum absolute atomic E-state index is 11.3. The number of hydrogen-bond acceptors (Lipinski definition) is 3. The third-order valence-electron chi connectivity index (χ3n) is 3.44. The highest BCUT2D eigenvalue weighted by Gasteiger charge is 2.28. The van der Waals surface area contributed by atoms with Gasteiger partial charge in [0.1, 0.15) is 0 Å². The van der Waals surface area contributed by atoms with Crippen LogP contribution in [0.15, 0.2) is 18.2 Å². The monoisotopic (exact) mass is 249 g/mol. The molecule has 1 aromatic carbocycles. The lowest BCUT2D eigenvalue weighted by Crippen LogP contribution is -2.41. The number of aromatic carboxylic acids is 1. The van der Waals surface area contributed by atoms with Crippen molar-refractivity contribution in [3.8, 4) is 0 Å². The van der Waals surface area contributed by atoms with E-state index in [-0.39, 0.29) is 5.54 Å². The van der Waals surface area contributed by atoms with Crippen molar-refractivity contribution in [1.29, 1.82) is 0 Å². The lowest BCUT2D eigenvalue weighted by molar-refractivity contribution is 0.0655. The number of hydrogen-bond donors (Lipinski definition) is 2. The molecule has 0 spiro atoms. The minimum atomic E-state index is -0.892. The van der Waals surface area contributed by atoms with Crippen LogP contribution in [0, 0.1) is 6.92 Å². The summed E-state index contributed by atoms with van der Waals surface area (Å²) in [5, 5.41) is 12.6. The predicted octanol–water partition coefficient (Wildman–Crippen LogP) is 2.67. The highest BCUT2D eigenvalue weighted by Crippen LogP contribution is 2.28. The van der Waals surface area contributed by atoms with Gasteiger partial charge < -0.3 is 15.2 Å². The van der Waals surface area contributed by atoms with Crippen LogP contribution in [0.3, 0.4) is 0 Å². The first-order chi connectivity index (χ1) is 8.50. The fourth-order valence-electron chi connectivity index (χ4n) is 2.22. The Morgan fingerprint density at radius 3 is 2.67 bits per heavy atom. The van der Waals surface area contributed by atoms with Gasteiger partial charge in [-0.15, -0.1) is 0 Å². The molecule has 1 heterocycles. The second-order valence-electron chi connectivity index (χ2n) is 5.15. The first-order valence-electron chi connectivity index (χ1n) is 6.20. The van der Waals surface area contributed by atoms with Gasteiger partial charge in [0.15, 0.2) is 0 Å². The van der Waals surface area contributed by atoms with Crippen LogP contribution in [-0.4, -0.2) is 29.8 Å². The van der Waals surface area contributed by atoms with Crippen molar-refractivity contribution in [1.82, 2.24) is 0 Å². The number of benzene rings is 1. The Morgan fingerprint density at radius 1 is 1.39 bits per heavy atom. The van der Waals surface area contributed by atoms with Gasteiger partial charge >= 0.3 is 5.97 Å². The van der Waals surface area contributed by atoms with Crippen molar-refractivity contribution in [3.05, 3.63) is 29.3 Å². The van der Waals surface area contributed by atoms with Crippen molar-refractivity contribution < 1.29 is 14.6 Å². The summed E-state index contributed by atoms with van der Waals surface area (Å²) < 4.78 is 5.34. The number of aryl methyl sites for hydroxylation is 1. The summed E-state index contributed by atoms with van der Waals surface area (Å²) in [4.78, 5) is 11.3. The van der Waals surface area contributed by atoms with Gasteiger partial charge in [-0.3, -0.25) is 0 Å². The summed E-state index contributed by atoms with van der Waals surface area (Å²) in [5.41, 5.74) is 1.90. The number of carboxylic acids is 1. The SMILES string of the molecule is Cc1ccc(NC2(C)CCOCC2)c(C(=O)O)c1. The molecule has 0 unspecified atom stereocenters. The van der Waals surface area contributed by atoms with Gasteiger partial charge in [0, 0.05) is 24.4 Å². The first kappa shape index (κ1) is 12.9. The lowest BCUT2D eigenvalue weighted by Gasteiger charge is -2.35. The highest BCUT2D eigenvalue weighted by atomic mass is 16.5. The van der Waals surface area contributed by atoms with Gasteiger partial charge in [-0.25, -0.2) is 4.79 Å². The third kappa shape index (κ3) is 2.82. The molecule has 4 heteroatoms. The van der Waals surface area contributed by atoms with Gasteiger partial charge in [0.25, 0.3) is 0 Å². The fourth-order valence-corrected chi connectivity index (χ4v) is 2.22. The molecule has 0 bridgehead atoms. The van der Waals surface area contributed by atoms with E-state index in [1.807, 2.05) is 19.1 Å². The minimum Gasteiger partial charge on any atom is -0.478 e. The van der Waals surface area contributed by atoms with Crippen LogP contribution in [0.25, 0.3) is 0 Å². The van der Waals surface area contributed by atoms with Crippen LogP contribution < -0.4 is 5.32 Å². The molecule has 1 saturated heterocycles. The molecule has 4 nitrogen and oxygen atoms in total. The van der Waals surface area contributed by atoms with E-state index in [0.29, 0.717) is 11.3 Å². The molecule has 0 radical (unpaired) electrons. The zero-order chi connectivity index (χ0) is 13.2. The lowest BCUT2D eigenvalue weighted by atomic mass is 9.91. The largest absolute Gasteiger partial charge is 0.478 e. The first-order valence-corrected chi connectivity index (χ1v) is 6.20. The van der Waals surface area contributed by atoms with Crippen LogP contribution in [0.4, 0.5) is 5.69 Å². The number of rotatable bonds is 3. The molecule has 1 aliphatic heterocycles. The molecule has 98 valence electrons. The second kappa shape index (κ2) is 4.98. The Morgan fingerprint density at radius 2 is 2.06 bits per heavy atom. The molecule has 18 heavy (non-hydrogen) atoms. The molecular formula is C14H19NO3. The molecule has 1 fully saturated rings. The molecule has 0 aromatic heterocycles. The molecule has 0 saturated carbocycles. The van der Waals surface area contributed by atoms with Gasteiger partial charge in [0.2, 0.25) is 0 Å². The maximum atomic E-state index is 11.3. The van der Waals surface area contributed by atoms with Crippen molar-refractivity contribution >= 4 is 11.7 Å². The summed E-state index contributed by atoms with van der Waals surface area (Å²) in [6, 6.07) is 5.48. The van der Waals surface area contributed by atoms with Crippen LogP contribution in [0.1, 0.15) is 35.7 Å². The van der Waals surface area contributed by atoms with Gasteiger partial charge in [-0.1, -0.05) is 11.6 Å². The van der Waals surface area contributed by atoms with Crippen molar-refractivity contribution in [2.24, 2.45) is 0 Å². The Labute approximate surface area is 107 Å². The van der Waals surface area contributed by atoms with E-state index in [1.165, 1.54) is 0 Å². The molecular weight excluding hydrogens is 230 g/mol. The Bertz CT molecular complexity index is 450. The fraction of sp³-hybridized carbons (Fsp3) is 0.500. The third-order valence-corrected chi connectivity index (χ3v) is 3.44. The standard InChI is InChI=1S/C14H19NO3/c1-10-3-4-12(11(9-10)13(16)17)15-14(2)5-7-18-8-6-14/h3-4,9,15H,5-8H2,1-2H3,(H,16,17). The smallest absolute Gasteiger partial charge is 0.337 e. The second-order valence-corrected chi connectivity index (χ2v) is 5.15. The Kier molecular flexibility index (Phi) is 3.57. The van der Waals surface area contributed by atoms with Gasteiger partial charge in [-0.05, 0) is 38.8 Å². The summed E-state index contributed by atoms with van der Waals surface area (Å²) in [5.74, 6) is -0.892. The topological polar surface area (TPSA) is 58.6 Å². The maximum Gasteiger partial charge on any atom is 0.337 e. The molecule has 0 aliphatic carbocycles. The summed E-state index contributed by atoms with van der Waals surface area (Å²) in [6.07, 6.45) is 1.78. The summed E-state index contributed by atoms with van der Waals surface area (Å²) >= 11 is 0. The van der Waals surface area contributed by atoms with Crippen molar-refractivity contribution in [3.63, 3.8) is 0 Å². The van der Waals surface area contributed by atoms with Crippen LogP contribution >= 0.6 is 0 Å². The minimum absolute atomic E-state index is 0.0856. The van der Waals surface area contributed by atoms with Crippen molar-refractivity contribution in [2.45, 2.75) is 32.2 Å². The average Bonchev–Trinajstić information content (AvgIpc) is 2.32. The number of carboxylic acid groups (broad SMARTS) is 1. The van der Waals surface area contributed by atoms with E-state index >= 15 is 0 Å². The van der Waals surface area contributed by atoms with E-state index in [4.69, 9.17) is 4.74 Å². The number of anilines is 1. The average molecular weight is 249 g/mol. The molecule has 2 N–H and O–H groups in total. The zero-order valence-electron chi connectivity index (χ0n) is 10.8. The number of ether oxygens (including phenoxy) is 1. The van der Waals surface area contributed by atoms with Crippen LogP contribution in [0.5, 0.6) is 0 Å². The van der Waals surface area contributed by atoms with E-state index < -0.39 is 5.97 Å². The van der Waals surface area contributed by atoms with Crippen molar-refractivity contribution in [2.75, 3.05) is 18.5 Å². The van der Waals surface area contributed by atoms with E-state index in [2.05, 4.69) is 12.2 Å². The highest BCUT2D eigenvalue weighted by molar-refractivity contribution is 5.94. The summed E-state index contributed by atoms with van der Waals surface area (Å²) in [6.45, 7) is 5.45. The normalized spacial score (nSPS) is 18.3. The molecule has 1 aromatic rings. The van der Waals surface area contributed by atoms with Crippen LogP contribution in [-0.2, 0) is 4.74 Å². The molecule has 0 amide bonds. The predicted molar refractivity (Wildman–Crippen MR) is 70.2 cm³/mol. The van der Waals surface area contributed by atoms with Gasteiger partial charge in [-0.2, -0.15) is 0 Å². The molecule has 1 aliphatic rings. The number of carbonyl (C=O) groups is 1. The van der Waals surface area contributed by atoms with E-state index in [9.17, 15) is 9.90 Å². The Hall–Kier alpha value is -1.55. The molecule has 2 rings (SSSR count). The van der Waals surface area contributed by atoms with Crippen LogP contribution in [0.2, 0.25) is 0 Å². The van der Waals surface area contributed by atoms with E-state index in [1.54, 1.807) is 6.07 Å².